The van der Waals surface area contributed by atoms with Crippen LogP contribution in [0.1, 0.15) is 17.5 Å². The molecule has 0 aliphatic rings. The molecule has 3 aromatic carbocycles. The summed E-state index contributed by atoms with van der Waals surface area (Å²) in [4.78, 5) is 12.8. The predicted molar refractivity (Wildman–Crippen MR) is 117 cm³/mol. The second-order valence-electron chi connectivity index (χ2n) is 6.80. The lowest BCUT2D eigenvalue weighted by molar-refractivity contribution is -0.117. The number of hydrogen-bond donors (Lipinski definition) is 0. The van der Waals surface area contributed by atoms with Gasteiger partial charge in [-0.1, -0.05) is 66.2 Å². The number of anilines is 1. The van der Waals surface area contributed by atoms with Crippen molar-refractivity contribution in [3.63, 3.8) is 0 Å². The Morgan fingerprint density at radius 1 is 0.931 bits per heavy atom. The summed E-state index contributed by atoms with van der Waals surface area (Å²) in [5, 5.41) is 0.283. The monoisotopic (exact) mass is 427 g/mol. The largest absolute Gasteiger partial charge is 0.298 e. The fourth-order valence-corrected chi connectivity index (χ4v) is 4.75. The molecule has 0 N–H and O–H groups in total. The molecule has 0 aromatic heterocycles. The van der Waals surface area contributed by atoms with Crippen molar-refractivity contribution in [3.05, 3.63) is 95.0 Å². The molecule has 0 spiro atoms. The summed E-state index contributed by atoms with van der Waals surface area (Å²) < 4.78 is 27.8. The van der Waals surface area contributed by atoms with E-state index in [1.54, 1.807) is 36.4 Å². The van der Waals surface area contributed by atoms with Gasteiger partial charge in [0.1, 0.15) is 0 Å². The Labute approximate surface area is 176 Å². The van der Waals surface area contributed by atoms with Gasteiger partial charge in [0, 0.05) is 6.42 Å². The third-order valence-corrected chi connectivity index (χ3v) is 6.65. The van der Waals surface area contributed by atoms with Gasteiger partial charge in [0.15, 0.2) is 5.78 Å². The van der Waals surface area contributed by atoms with Gasteiger partial charge in [-0.2, -0.15) is 0 Å². The smallest absolute Gasteiger partial charge is 0.264 e. The molecule has 3 aromatic rings. The number of carbonyl (C=O) groups excluding carboxylic acids is 1. The highest BCUT2D eigenvalue weighted by atomic mass is 35.5. The zero-order chi connectivity index (χ0) is 20.9. The van der Waals surface area contributed by atoms with Gasteiger partial charge in [0.05, 0.1) is 22.2 Å². The van der Waals surface area contributed by atoms with Crippen LogP contribution in [0.25, 0.3) is 0 Å². The lowest BCUT2D eigenvalue weighted by Crippen LogP contribution is -2.36. The van der Waals surface area contributed by atoms with Crippen LogP contribution in [0.5, 0.6) is 0 Å². The van der Waals surface area contributed by atoms with Crippen LogP contribution in [-0.2, 0) is 21.2 Å². The summed E-state index contributed by atoms with van der Waals surface area (Å²) in [6.45, 7) is 1.58. The van der Waals surface area contributed by atoms with Gasteiger partial charge in [-0.05, 0) is 48.7 Å². The van der Waals surface area contributed by atoms with Crippen molar-refractivity contribution in [2.45, 2.75) is 24.7 Å². The molecule has 0 aliphatic carbocycles. The van der Waals surface area contributed by atoms with E-state index in [2.05, 4.69) is 0 Å². The molecule has 0 fully saturated rings. The summed E-state index contributed by atoms with van der Waals surface area (Å²) in [5.41, 5.74) is 2.20. The summed E-state index contributed by atoms with van der Waals surface area (Å²) in [5.74, 6) is -0.175. The first-order valence-corrected chi connectivity index (χ1v) is 11.1. The molecule has 3 rings (SSSR count). The number of hydrogen-bond acceptors (Lipinski definition) is 3. The molecule has 0 amide bonds. The van der Waals surface area contributed by atoms with Gasteiger partial charge < -0.3 is 0 Å². The molecule has 0 saturated carbocycles. The molecule has 0 unspecified atom stereocenters. The topological polar surface area (TPSA) is 54.5 Å². The van der Waals surface area contributed by atoms with Gasteiger partial charge in [0.2, 0.25) is 0 Å². The Balaban J connectivity index is 1.91. The quantitative estimate of drug-likeness (QED) is 0.505. The van der Waals surface area contributed by atoms with Crippen molar-refractivity contribution in [3.8, 4) is 0 Å². The van der Waals surface area contributed by atoms with Crippen LogP contribution < -0.4 is 4.31 Å². The molecule has 0 aliphatic heterocycles. The highest BCUT2D eigenvalue weighted by molar-refractivity contribution is 7.92. The number of nitrogens with zero attached hydrogens (tertiary/aromatic N) is 1. The number of benzene rings is 3. The molecule has 0 heterocycles. The van der Waals surface area contributed by atoms with E-state index < -0.39 is 10.0 Å². The van der Waals surface area contributed by atoms with E-state index in [4.69, 9.17) is 11.6 Å². The van der Waals surface area contributed by atoms with Crippen LogP contribution in [0.2, 0.25) is 5.02 Å². The van der Waals surface area contributed by atoms with Crippen molar-refractivity contribution < 1.29 is 13.2 Å². The average molecular weight is 428 g/mol. The third-order valence-electron chi connectivity index (χ3n) is 4.56. The fourth-order valence-electron chi connectivity index (χ4n) is 3.00. The number of carbonyl (C=O) groups is 1. The second-order valence-corrected chi connectivity index (χ2v) is 9.07. The average Bonchev–Trinajstić information content (AvgIpc) is 2.73. The summed E-state index contributed by atoms with van der Waals surface area (Å²) in [7, 11) is -3.94. The molecule has 4 nitrogen and oxygen atoms in total. The van der Waals surface area contributed by atoms with E-state index >= 15 is 0 Å². The zero-order valence-electron chi connectivity index (χ0n) is 16.1. The number of Topliss-reactive ketones (excluding diaryl/α,β-unsaturated/α-hetero) is 1. The molecule has 0 bridgehead atoms. The van der Waals surface area contributed by atoms with Crippen molar-refractivity contribution in [2.75, 3.05) is 10.8 Å². The van der Waals surface area contributed by atoms with Gasteiger partial charge in [-0.3, -0.25) is 9.10 Å². The minimum absolute atomic E-state index is 0.119. The summed E-state index contributed by atoms with van der Waals surface area (Å²) >= 11 is 6.32. The van der Waals surface area contributed by atoms with E-state index in [0.29, 0.717) is 12.1 Å². The van der Waals surface area contributed by atoms with Gasteiger partial charge in [-0.25, -0.2) is 8.42 Å². The van der Waals surface area contributed by atoms with Crippen molar-refractivity contribution in [2.24, 2.45) is 0 Å². The molecular formula is C23H22ClNO3S. The second kappa shape index (κ2) is 9.25. The van der Waals surface area contributed by atoms with E-state index in [-0.39, 0.29) is 28.7 Å². The van der Waals surface area contributed by atoms with Crippen LogP contribution in [0.15, 0.2) is 83.8 Å². The molecule has 0 atom stereocenters. The van der Waals surface area contributed by atoms with Crippen LogP contribution in [0.4, 0.5) is 5.69 Å². The molecule has 0 radical (unpaired) electrons. The first-order chi connectivity index (χ1) is 13.9. The molecule has 29 heavy (non-hydrogen) atoms. The van der Waals surface area contributed by atoms with Crippen molar-refractivity contribution in [1.29, 1.82) is 0 Å². The maximum Gasteiger partial charge on any atom is 0.264 e. The molecular weight excluding hydrogens is 406 g/mol. The molecule has 0 saturated heterocycles. The number of sulfonamides is 1. The summed E-state index contributed by atoms with van der Waals surface area (Å²) in [6, 6.07) is 22.9. The lowest BCUT2D eigenvalue weighted by atomic mass is 10.1. The van der Waals surface area contributed by atoms with Crippen LogP contribution >= 0.6 is 11.6 Å². The van der Waals surface area contributed by atoms with Crippen LogP contribution in [-0.4, -0.2) is 20.7 Å². The Bertz CT molecular complexity index is 1080. The van der Waals surface area contributed by atoms with Crippen molar-refractivity contribution >= 4 is 33.1 Å². The maximum absolute atomic E-state index is 13.3. The minimum Gasteiger partial charge on any atom is -0.298 e. The van der Waals surface area contributed by atoms with E-state index in [9.17, 15) is 13.2 Å². The van der Waals surface area contributed by atoms with Crippen LogP contribution in [0, 0.1) is 6.92 Å². The van der Waals surface area contributed by atoms with Crippen LogP contribution in [0.3, 0.4) is 0 Å². The van der Waals surface area contributed by atoms with E-state index in [1.165, 1.54) is 12.1 Å². The first kappa shape index (κ1) is 21.1. The number of ketones is 1. The Hall–Kier alpha value is -2.63. The Kier molecular flexibility index (Phi) is 6.72. The standard InChI is InChI=1S/C23H22ClNO3S/c1-18-12-15-22(24)23(16-18)25(29(27,28)21-10-6-3-7-11-21)17-20(26)14-13-19-8-4-2-5-9-19/h2-12,15-16H,13-14,17H2,1H3. The fraction of sp³-hybridized carbons (Fsp3) is 0.174. The van der Waals surface area contributed by atoms with Gasteiger partial charge >= 0.3 is 0 Å². The summed E-state index contributed by atoms with van der Waals surface area (Å²) in [6.07, 6.45) is 0.800. The maximum atomic E-state index is 13.3. The minimum atomic E-state index is -3.94. The van der Waals surface area contributed by atoms with E-state index in [0.717, 1.165) is 15.4 Å². The number of rotatable bonds is 8. The third kappa shape index (κ3) is 5.25. The van der Waals surface area contributed by atoms with Gasteiger partial charge in [0.25, 0.3) is 10.0 Å². The first-order valence-electron chi connectivity index (χ1n) is 9.27. The van der Waals surface area contributed by atoms with Crippen molar-refractivity contribution in [1.82, 2.24) is 0 Å². The Morgan fingerprint density at radius 3 is 2.21 bits per heavy atom. The highest BCUT2D eigenvalue weighted by Gasteiger charge is 2.28. The number of halogens is 1. The molecule has 150 valence electrons. The molecule has 6 heteroatoms. The normalized spacial score (nSPS) is 11.2. The highest BCUT2D eigenvalue weighted by Crippen LogP contribution is 2.31. The zero-order valence-corrected chi connectivity index (χ0v) is 17.7. The Morgan fingerprint density at radius 2 is 1.55 bits per heavy atom. The van der Waals surface area contributed by atoms with E-state index in [1.807, 2.05) is 37.3 Å². The predicted octanol–water partition coefficient (Wildman–Crippen LogP) is 5.05. The lowest BCUT2D eigenvalue weighted by Gasteiger charge is -2.25. The van der Waals surface area contributed by atoms with Gasteiger partial charge in [-0.15, -0.1) is 0 Å². The SMILES string of the molecule is Cc1ccc(Cl)c(N(CC(=O)CCc2ccccc2)S(=O)(=O)c2ccccc2)c1. The number of aryl methyl sites for hydroxylation is 2.